The highest BCUT2D eigenvalue weighted by atomic mass is 16.6. The molecule has 0 atom stereocenters. The van der Waals surface area contributed by atoms with Crippen LogP contribution in [0.5, 0.6) is 0 Å². The smallest absolute Gasteiger partial charge is 0.419 e. The number of benzene rings is 2. The molecule has 1 fully saturated rings. The molecule has 3 N–H and O–H groups in total. The van der Waals surface area contributed by atoms with Gasteiger partial charge in [0.25, 0.3) is 0 Å². The highest BCUT2D eigenvalue weighted by molar-refractivity contribution is 5.79. The molecule has 1 aliphatic carbocycles. The summed E-state index contributed by atoms with van der Waals surface area (Å²) in [6.07, 6.45) is -0.0833. The van der Waals surface area contributed by atoms with Gasteiger partial charge >= 0.3 is 12.2 Å². The maximum absolute atomic E-state index is 12.5. The maximum Gasteiger partial charge on any atom is 0.419 e. The number of nitrogens with one attached hydrogen (secondary N) is 2. The lowest BCUT2D eigenvalue weighted by molar-refractivity contribution is 0.0872. The molecule has 2 amide bonds. The van der Waals surface area contributed by atoms with Crippen molar-refractivity contribution in [3.8, 4) is 11.1 Å². The molecule has 0 saturated carbocycles. The molecule has 146 valence electrons. The minimum absolute atomic E-state index is 0.0220. The van der Waals surface area contributed by atoms with Crippen LogP contribution in [0.25, 0.3) is 11.1 Å². The van der Waals surface area contributed by atoms with Crippen LogP contribution in [0.1, 0.15) is 29.9 Å². The quantitative estimate of drug-likeness (QED) is 0.708. The van der Waals surface area contributed by atoms with Crippen molar-refractivity contribution in [2.45, 2.75) is 24.8 Å². The first kappa shape index (κ1) is 18.3. The summed E-state index contributed by atoms with van der Waals surface area (Å²) in [5.74, 6) is 0.0512. The standard InChI is InChI=1S/C21H23N3O4/c25-20(26)23-22-14-9-11-24(12-10-14)21(27)28-13-19-17-7-3-1-5-15(17)16-6-2-4-8-18(16)19/h1-8,14,19,22-23H,9-13H2,(H,25,26). The topological polar surface area (TPSA) is 90.9 Å². The molecule has 2 aliphatic rings. The Balaban J connectivity index is 1.35. The Hall–Kier alpha value is -3.06. The molecule has 1 saturated heterocycles. The van der Waals surface area contributed by atoms with E-state index in [4.69, 9.17) is 9.84 Å². The summed E-state index contributed by atoms with van der Waals surface area (Å²) in [5, 5.41) is 8.64. The van der Waals surface area contributed by atoms with Crippen molar-refractivity contribution in [1.29, 1.82) is 0 Å². The van der Waals surface area contributed by atoms with E-state index in [0.717, 1.165) is 0 Å². The van der Waals surface area contributed by atoms with Crippen LogP contribution >= 0.6 is 0 Å². The Labute approximate surface area is 163 Å². The van der Waals surface area contributed by atoms with Gasteiger partial charge in [0.05, 0.1) is 0 Å². The maximum atomic E-state index is 12.5. The van der Waals surface area contributed by atoms with E-state index in [9.17, 15) is 9.59 Å². The van der Waals surface area contributed by atoms with Gasteiger partial charge in [-0.05, 0) is 35.1 Å². The molecule has 1 aliphatic heterocycles. The third-order valence-corrected chi connectivity index (χ3v) is 5.47. The number of carbonyl (C=O) groups excluding carboxylic acids is 1. The number of hydrazine groups is 1. The summed E-state index contributed by atoms with van der Waals surface area (Å²) < 4.78 is 5.67. The number of hydrogen-bond acceptors (Lipinski definition) is 4. The Morgan fingerprint density at radius 3 is 2.14 bits per heavy atom. The molecule has 2 aromatic carbocycles. The number of fused-ring (bicyclic) bond motifs is 3. The highest BCUT2D eigenvalue weighted by Gasteiger charge is 2.30. The van der Waals surface area contributed by atoms with Gasteiger partial charge in [-0.3, -0.25) is 5.43 Å². The van der Waals surface area contributed by atoms with Gasteiger partial charge in [0.2, 0.25) is 0 Å². The lowest BCUT2D eigenvalue weighted by Gasteiger charge is -2.31. The van der Waals surface area contributed by atoms with E-state index in [2.05, 4.69) is 35.1 Å². The van der Waals surface area contributed by atoms with E-state index in [0.29, 0.717) is 32.5 Å². The van der Waals surface area contributed by atoms with Gasteiger partial charge < -0.3 is 14.7 Å². The second-order valence-corrected chi connectivity index (χ2v) is 7.14. The van der Waals surface area contributed by atoms with Crippen LogP contribution in [0.15, 0.2) is 48.5 Å². The fraction of sp³-hybridized carbons (Fsp3) is 0.333. The van der Waals surface area contributed by atoms with Gasteiger partial charge in [-0.1, -0.05) is 48.5 Å². The third kappa shape index (κ3) is 3.66. The number of carbonyl (C=O) groups is 2. The molecule has 28 heavy (non-hydrogen) atoms. The van der Waals surface area contributed by atoms with Gasteiger partial charge in [0.15, 0.2) is 0 Å². The summed E-state index contributed by atoms with van der Waals surface area (Å²) in [4.78, 5) is 24.8. The Morgan fingerprint density at radius 1 is 1.00 bits per heavy atom. The number of ether oxygens (including phenoxy) is 1. The average molecular weight is 381 g/mol. The molecular weight excluding hydrogens is 358 g/mol. The SMILES string of the molecule is O=C(O)NNC1CCN(C(=O)OCC2c3ccccc3-c3ccccc32)CC1. The van der Waals surface area contributed by atoms with Crippen LogP contribution in [0.3, 0.4) is 0 Å². The summed E-state index contributed by atoms with van der Waals surface area (Å²) in [6, 6.07) is 16.5. The fourth-order valence-corrected chi connectivity index (χ4v) is 4.06. The molecule has 0 aromatic heterocycles. The van der Waals surface area contributed by atoms with Gasteiger partial charge in [-0.2, -0.15) is 0 Å². The molecule has 0 radical (unpaired) electrons. The number of hydrogen-bond donors (Lipinski definition) is 3. The van der Waals surface area contributed by atoms with Crippen LogP contribution < -0.4 is 10.9 Å². The molecular formula is C21H23N3O4. The first-order chi connectivity index (χ1) is 13.6. The number of likely N-dealkylation sites (tertiary alicyclic amines) is 1. The molecule has 7 heteroatoms. The van der Waals surface area contributed by atoms with Crippen molar-refractivity contribution in [1.82, 2.24) is 15.8 Å². The van der Waals surface area contributed by atoms with Crippen molar-refractivity contribution >= 4 is 12.2 Å². The Morgan fingerprint density at radius 2 is 1.57 bits per heavy atom. The second kappa shape index (κ2) is 7.90. The van der Waals surface area contributed by atoms with Crippen molar-refractivity contribution in [2.24, 2.45) is 0 Å². The summed E-state index contributed by atoms with van der Waals surface area (Å²) in [5.41, 5.74) is 9.72. The van der Waals surface area contributed by atoms with Crippen molar-refractivity contribution in [3.05, 3.63) is 59.7 Å². The molecule has 7 nitrogen and oxygen atoms in total. The Kier molecular flexibility index (Phi) is 5.16. The van der Waals surface area contributed by atoms with Crippen molar-refractivity contribution < 1.29 is 19.4 Å². The van der Waals surface area contributed by atoms with E-state index in [-0.39, 0.29) is 18.1 Å². The average Bonchev–Trinajstić information content (AvgIpc) is 3.05. The van der Waals surface area contributed by atoms with E-state index in [1.807, 2.05) is 24.3 Å². The summed E-state index contributed by atoms with van der Waals surface area (Å²) in [6.45, 7) is 1.39. The van der Waals surface area contributed by atoms with E-state index in [1.54, 1.807) is 4.90 Å². The second-order valence-electron chi connectivity index (χ2n) is 7.14. The Bertz CT molecular complexity index is 832. The largest absolute Gasteiger partial charge is 0.464 e. The number of piperidine rings is 1. The third-order valence-electron chi connectivity index (χ3n) is 5.47. The van der Waals surface area contributed by atoms with Crippen LogP contribution in [0, 0.1) is 0 Å². The van der Waals surface area contributed by atoms with Crippen LogP contribution in [0.4, 0.5) is 9.59 Å². The minimum Gasteiger partial charge on any atom is -0.464 e. The molecule has 1 heterocycles. The zero-order valence-electron chi connectivity index (χ0n) is 15.4. The fourth-order valence-electron chi connectivity index (χ4n) is 4.06. The normalized spacial score (nSPS) is 16.4. The number of amides is 2. The predicted octanol–water partition coefficient (Wildman–Crippen LogP) is 3.17. The number of nitrogens with zero attached hydrogens (tertiary/aromatic N) is 1. The molecule has 0 spiro atoms. The van der Waals surface area contributed by atoms with Gasteiger partial charge in [0, 0.05) is 25.0 Å². The van der Waals surface area contributed by atoms with Gasteiger partial charge in [0.1, 0.15) is 6.61 Å². The van der Waals surface area contributed by atoms with Crippen LogP contribution in [-0.4, -0.2) is 47.9 Å². The van der Waals surface area contributed by atoms with E-state index >= 15 is 0 Å². The lowest BCUT2D eigenvalue weighted by atomic mass is 9.98. The predicted molar refractivity (Wildman–Crippen MR) is 104 cm³/mol. The highest BCUT2D eigenvalue weighted by Crippen LogP contribution is 2.44. The van der Waals surface area contributed by atoms with Crippen molar-refractivity contribution in [3.63, 3.8) is 0 Å². The van der Waals surface area contributed by atoms with E-state index in [1.165, 1.54) is 22.3 Å². The zero-order valence-corrected chi connectivity index (χ0v) is 15.4. The number of carboxylic acid groups (broad SMARTS) is 1. The molecule has 0 bridgehead atoms. The summed E-state index contributed by atoms with van der Waals surface area (Å²) >= 11 is 0. The number of rotatable bonds is 4. The first-order valence-electron chi connectivity index (χ1n) is 9.48. The molecule has 2 aromatic rings. The zero-order chi connectivity index (χ0) is 19.5. The molecule has 4 rings (SSSR count). The van der Waals surface area contributed by atoms with Gasteiger partial charge in [-0.15, -0.1) is 0 Å². The van der Waals surface area contributed by atoms with Crippen LogP contribution in [0.2, 0.25) is 0 Å². The lowest BCUT2D eigenvalue weighted by Crippen LogP contribution is -2.50. The molecule has 0 unspecified atom stereocenters. The minimum atomic E-state index is -1.11. The first-order valence-corrected chi connectivity index (χ1v) is 9.48. The van der Waals surface area contributed by atoms with Crippen LogP contribution in [-0.2, 0) is 4.74 Å². The monoisotopic (exact) mass is 381 g/mol. The van der Waals surface area contributed by atoms with Crippen molar-refractivity contribution in [2.75, 3.05) is 19.7 Å². The summed E-state index contributed by atoms with van der Waals surface area (Å²) in [7, 11) is 0. The van der Waals surface area contributed by atoms with E-state index < -0.39 is 6.09 Å². The van der Waals surface area contributed by atoms with Gasteiger partial charge in [-0.25, -0.2) is 15.0 Å².